The summed E-state index contributed by atoms with van der Waals surface area (Å²) in [6.07, 6.45) is 1.94. The first-order chi connectivity index (χ1) is 8.20. The molecule has 0 aromatic heterocycles. The molecule has 4 nitrogen and oxygen atoms in total. The van der Waals surface area contributed by atoms with Crippen LogP contribution in [-0.4, -0.2) is 29.9 Å². The maximum absolute atomic E-state index is 12.1. The summed E-state index contributed by atoms with van der Waals surface area (Å²) in [6.45, 7) is 1.39. The monoisotopic (exact) mass is 229 g/mol. The molecule has 0 spiro atoms. The van der Waals surface area contributed by atoms with E-state index in [0.717, 1.165) is 19.4 Å². The Morgan fingerprint density at radius 3 is 2.71 bits per heavy atom. The van der Waals surface area contributed by atoms with Crippen LogP contribution < -0.4 is 5.73 Å². The molecular weight excluding hydrogens is 214 g/mol. The van der Waals surface area contributed by atoms with Crippen LogP contribution in [-0.2, 0) is 0 Å². The van der Waals surface area contributed by atoms with Gasteiger partial charge in [0.25, 0.3) is 5.91 Å². The second-order valence-corrected chi connectivity index (χ2v) is 4.34. The van der Waals surface area contributed by atoms with E-state index in [4.69, 9.17) is 11.0 Å². The summed E-state index contributed by atoms with van der Waals surface area (Å²) in [6, 6.07) is 8.84. The van der Waals surface area contributed by atoms with Crippen molar-refractivity contribution in [2.75, 3.05) is 13.1 Å². The number of nitriles is 1. The van der Waals surface area contributed by atoms with E-state index >= 15 is 0 Å². The number of amides is 1. The molecule has 0 bridgehead atoms. The summed E-state index contributed by atoms with van der Waals surface area (Å²) in [5.74, 6) is 0.00430. The average molecular weight is 229 g/mol. The maximum atomic E-state index is 12.1. The van der Waals surface area contributed by atoms with Crippen molar-refractivity contribution in [3.05, 3.63) is 35.4 Å². The van der Waals surface area contributed by atoms with Gasteiger partial charge in [-0.25, -0.2) is 0 Å². The maximum Gasteiger partial charge on any atom is 0.253 e. The van der Waals surface area contributed by atoms with Gasteiger partial charge < -0.3 is 10.6 Å². The average Bonchev–Trinajstić information content (AvgIpc) is 2.38. The number of benzene rings is 1. The van der Waals surface area contributed by atoms with Crippen molar-refractivity contribution in [1.82, 2.24) is 4.90 Å². The Balaban J connectivity index is 2.11. The second-order valence-electron chi connectivity index (χ2n) is 4.34. The molecule has 2 rings (SSSR count). The molecule has 1 amide bonds. The number of rotatable bonds is 1. The van der Waals surface area contributed by atoms with Gasteiger partial charge in [-0.15, -0.1) is 0 Å². The summed E-state index contributed by atoms with van der Waals surface area (Å²) in [7, 11) is 0. The lowest BCUT2D eigenvalue weighted by atomic mass is 10.0. The quantitative estimate of drug-likeness (QED) is 0.784. The lowest BCUT2D eigenvalue weighted by Gasteiger charge is -2.30. The fraction of sp³-hybridized carbons (Fsp3) is 0.385. The Labute approximate surface area is 101 Å². The Bertz CT molecular complexity index is 447. The van der Waals surface area contributed by atoms with Gasteiger partial charge in [0, 0.05) is 24.7 Å². The third-order valence-electron chi connectivity index (χ3n) is 3.01. The van der Waals surface area contributed by atoms with E-state index in [2.05, 4.69) is 0 Å². The van der Waals surface area contributed by atoms with Crippen molar-refractivity contribution in [2.45, 2.75) is 18.9 Å². The molecule has 0 saturated carbocycles. The van der Waals surface area contributed by atoms with E-state index in [1.54, 1.807) is 29.2 Å². The van der Waals surface area contributed by atoms with Gasteiger partial charge in [0.1, 0.15) is 0 Å². The van der Waals surface area contributed by atoms with Crippen LogP contribution in [0.5, 0.6) is 0 Å². The van der Waals surface area contributed by atoms with E-state index in [-0.39, 0.29) is 11.9 Å². The number of hydrogen-bond donors (Lipinski definition) is 1. The van der Waals surface area contributed by atoms with Gasteiger partial charge in [-0.2, -0.15) is 5.26 Å². The zero-order valence-corrected chi connectivity index (χ0v) is 9.60. The number of piperidine rings is 1. The van der Waals surface area contributed by atoms with E-state index in [1.165, 1.54) is 0 Å². The highest BCUT2D eigenvalue weighted by atomic mass is 16.2. The van der Waals surface area contributed by atoms with Crippen LogP contribution in [0.1, 0.15) is 28.8 Å². The summed E-state index contributed by atoms with van der Waals surface area (Å²) >= 11 is 0. The molecule has 1 aromatic carbocycles. The zero-order chi connectivity index (χ0) is 12.3. The number of likely N-dealkylation sites (tertiary alicyclic amines) is 1. The SMILES string of the molecule is N#Cc1ccc(C(=O)N2CCC[C@@H](N)C2)cc1. The first-order valence-electron chi connectivity index (χ1n) is 5.75. The number of carbonyl (C=O) groups is 1. The van der Waals surface area contributed by atoms with Crippen LogP contribution in [0.25, 0.3) is 0 Å². The molecule has 0 aliphatic carbocycles. The molecule has 1 saturated heterocycles. The highest BCUT2D eigenvalue weighted by Crippen LogP contribution is 2.13. The molecule has 4 heteroatoms. The third-order valence-corrected chi connectivity index (χ3v) is 3.01. The van der Waals surface area contributed by atoms with Gasteiger partial charge >= 0.3 is 0 Å². The predicted molar refractivity (Wildman–Crippen MR) is 64.3 cm³/mol. The van der Waals surface area contributed by atoms with Crippen molar-refractivity contribution in [3.8, 4) is 6.07 Å². The first-order valence-corrected chi connectivity index (χ1v) is 5.75. The van der Waals surface area contributed by atoms with Gasteiger partial charge in [0.2, 0.25) is 0 Å². The van der Waals surface area contributed by atoms with Crippen molar-refractivity contribution in [3.63, 3.8) is 0 Å². The predicted octanol–water partition coefficient (Wildman–Crippen LogP) is 1.12. The fourth-order valence-corrected chi connectivity index (χ4v) is 2.06. The Morgan fingerprint density at radius 2 is 2.12 bits per heavy atom. The molecular formula is C13H15N3O. The van der Waals surface area contributed by atoms with Crippen LogP contribution in [0.15, 0.2) is 24.3 Å². The van der Waals surface area contributed by atoms with Gasteiger partial charge in [-0.3, -0.25) is 4.79 Å². The zero-order valence-electron chi connectivity index (χ0n) is 9.60. The van der Waals surface area contributed by atoms with Gasteiger partial charge in [-0.05, 0) is 37.1 Å². The standard InChI is InChI=1S/C13H15N3O/c14-8-10-3-5-11(6-4-10)13(17)16-7-1-2-12(15)9-16/h3-6,12H,1-2,7,9,15H2/t12-/m1/s1. The first kappa shape index (κ1) is 11.6. The molecule has 1 aliphatic rings. The van der Waals surface area contributed by atoms with Crippen LogP contribution in [0.3, 0.4) is 0 Å². The molecule has 1 fully saturated rings. The summed E-state index contributed by atoms with van der Waals surface area (Å²) in [5.41, 5.74) is 7.04. The summed E-state index contributed by atoms with van der Waals surface area (Å²) < 4.78 is 0. The minimum atomic E-state index is 0.00430. The van der Waals surface area contributed by atoms with Gasteiger partial charge in [0.15, 0.2) is 0 Å². The fourth-order valence-electron chi connectivity index (χ4n) is 2.06. The highest BCUT2D eigenvalue weighted by Gasteiger charge is 2.21. The summed E-state index contributed by atoms with van der Waals surface area (Å²) in [5, 5.41) is 8.69. The molecule has 1 heterocycles. The van der Waals surface area contributed by atoms with Crippen LogP contribution in [0.4, 0.5) is 0 Å². The van der Waals surface area contributed by atoms with Gasteiger partial charge in [0.05, 0.1) is 11.6 Å². The Hall–Kier alpha value is -1.86. The largest absolute Gasteiger partial charge is 0.337 e. The Kier molecular flexibility index (Phi) is 3.40. The highest BCUT2D eigenvalue weighted by molar-refractivity contribution is 5.94. The van der Waals surface area contributed by atoms with Gasteiger partial charge in [-0.1, -0.05) is 0 Å². The Morgan fingerprint density at radius 1 is 1.41 bits per heavy atom. The van der Waals surface area contributed by atoms with E-state index in [0.29, 0.717) is 17.7 Å². The van der Waals surface area contributed by atoms with E-state index < -0.39 is 0 Å². The van der Waals surface area contributed by atoms with Crippen molar-refractivity contribution in [1.29, 1.82) is 5.26 Å². The van der Waals surface area contributed by atoms with Crippen LogP contribution in [0, 0.1) is 11.3 Å². The van der Waals surface area contributed by atoms with Crippen molar-refractivity contribution in [2.24, 2.45) is 5.73 Å². The number of nitrogens with zero attached hydrogens (tertiary/aromatic N) is 2. The van der Waals surface area contributed by atoms with Crippen molar-refractivity contribution >= 4 is 5.91 Å². The smallest absolute Gasteiger partial charge is 0.253 e. The van der Waals surface area contributed by atoms with E-state index in [1.807, 2.05) is 6.07 Å². The number of hydrogen-bond acceptors (Lipinski definition) is 3. The lowest BCUT2D eigenvalue weighted by molar-refractivity contribution is 0.0709. The summed E-state index contributed by atoms with van der Waals surface area (Å²) in [4.78, 5) is 13.9. The lowest BCUT2D eigenvalue weighted by Crippen LogP contribution is -2.45. The molecule has 2 N–H and O–H groups in total. The molecule has 0 radical (unpaired) electrons. The minimum absolute atomic E-state index is 0.00430. The topological polar surface area (TPSA) is 70.1 Å². The number of nitrogens with two attached hydrogens (primary N) is 1. The third kappa shape index (κ3) is 2.63. The van der Waals surface area contributed by atoms with Crippen LogP contribution >= 0.6 is 0 Å². The molecule has 1 aromatic rings. The normalized spacial score (nSPS) is 19.8. The van der Waals surface area contributed by atoms with Crippen molar-refractivity contribution < 1.29 is 4.79 Å². The molecule has 1 aliphatic heterocycles. The number of carbonyl (C=O) groups excluding carboxylic acids is 1. The molecule has 88 valence electrons. The van der Waals surface area contributed by atoms with E-state index in [9.17, 15) is 4.79 Å². The minimum Gasteiger partial charge on any atom is -0.337 e. The molecule has 17 heavy (non-hydrogen) atoms. The molecule has 1 atom stereocenters. The second kappa shape index (κ2) is 4.98. The molecule has 0 unspecified atom stereocenters. The van der Waals surface area contributed by atoms with Crippen LogP contribution in [0.2, 0.25) is 0 Å².